The van der Waals surface area contributed by atoms with Crippen molar-refractivity contribution in [2.75, 3.05) is 20.1 Å². The molecule has 0 saturated heterocycles. The summed E-state index contributed by atoms with van der Waals surface area (Å²) in [6.45, 7) is 3.69. The molecule has 1 saturated carbocycles. The standard InChI is InChI=1S/C17H24N2O3S/c1-3-12-19(13-15-4-5-15)17(20)11-8-14-6-9-16(10-7-14)23(21,22)18-2/h6-11,15,18H,3-5,12-13H2,1-2H3/b11-8+. The lowest BCUT2D eigenvalue weighted by Gasteiger charge is -2.20. The van der Waals surface area contributed by atoms with Crippen molar-refractivity contribution in [1.29, 1.82) is 0 Å². The Morgan fingerprint density at radius 2 is 1.96 bits per heavy atom. The predicted octanol–water partition coefficient (Wildman–Crippen LogP) is 2.26. The minimum Gasteiger partial charge on any atom is -0.339 e. The molecule has 1 aromatic rings. The summed E-state index contributed by atoms with van der Waals surface area (Å²) in [5.74, 6) is 0.690. The number of benzene rings is 1. The largest absolute Gasteiger partial charge is 0.339 e. The van der Waals surface area contributed by atoms with E-state index in [-0.39, 0.29) is 10.8 Å². The second-order valence-electron chi connectivity index (χ2n) is 5.84. The van der Waals surface area contributed by atoms with Gasteiger partial charge in [-0.1, -0.05) is 19.1 Å². The van der Waals surface area contributed by atoms with Crippen molar-refractivity contribution >= 4 is 22.0 Å². The third-order valence-electron chi connectivity index (χ3n) is 3.86. The maximum Gasteiger partial charge on any atom is 0.246 e. The molecule has 2 rings (SSSR count). The molecule has 1 aliphatic carbocycles. The van der Waals surface area contributed by atoms with E-state index < -0.39 is 10.0 Å². The van der Waals surface area contributed by atoms with Crippen LogP contribution < -0.4 is 4.72 Å². The maximum atomic E-state index is 12.3. The van der Waals surface area contributed by atoms with E-state index >= 15 is 0 Å². The van der Waals surface area contributed by atoms with Crippen LogP contribution in [0.3, 0.4) is 0 Å². The van der Waals surface area contributed by atoms with E-state index in [2.05, 4.69) is 11.6 Å². The summed E-state index contributed by atoms with van der Waals surface area (Å²) in [5.41, 5.74) is 0.802. The molecule has 0 heterocycles. The minimum atomic E-state index is -3.42. The zero-order valence-electron chi connectivity index (χ0n) is 13.7. The van der Waals surface area contributed by atoms with E-state index in [4.69, 9.17) is 0 Å². The van der Waals surface area contributed by atoms with Crippen LogP contribution in [0, 0.1) is 5.92 Å². The lowest BCUT2D eigenvalue weighted by molar-refractivity contribution is -0.126. The van der Waals surface area contributed by atoms with Crippen molar-refractivity contribution in [3.63, 3.8) is 0 Å². The molecular weight excluding hydrogens is 312 g/mol. The molecule has 1 aliphatic rings. The van der Waals surface area contributed by atoms with Gasteiger partial charge in [0.1, 0.15) is 0 Å². The second-order valence-corrected chi connectivity index (χ2v) is 7.72. The van der Waals surface area contributed by atoms with Crippen LogP contribution in [-0.2, 0) is 14.8 Å². The Morgan fingerprint density at radius 1 is 1.30 bits per heavy atom. The molecule has 6 heteroatoms. The number of hydrogen-bond donors (Lipinski definition) is 1. The first-order chi connectivity index (χ1) is 11.0. The molecule has 1 N–H and O–H groups in total. The number of nitrogens with one attached hydrogen (secondary N) is 1. The molecule has 0 aliphatic heterocycles. The van der Waals surface area contributed by atoms with Gasteiger partial charge in [0.2, 0.25) is 15.9 Å². The molecule has 0 bridgehead atoms. The first-order valence-electron chi connectivity index (χ1n) is 7.97. The van der Waals surface area contributed by atoms with Crippen LogP contribution in [0.15, 0.2) is 35.2 Å². The predicted molar refractivity (Wildman–Crippen MR) is 91.3 cm³/mol. The molecule has 0 spiro atoms. The summed E-state index contributed by atoms with van der Waals surface area (Å²) in [7, 11) is -2.04. The fourth-order valence-electron chi connectivity index (χ4n) is 2.32. The fraction of sp³-hybridized carbons (Fsp3) is 0.471. The Hall–Kier alpha value is -1.66. The van der Waals surface area contributed by atoms with Crippen LogP contribution in [-0.4, -0.2) is 39.4 Å². The van der Waals surface area contributed by atoms with Gasteiger partial charge in [0, 0.05) is 19.2 Å². The third kappa shape index (κ3) is 5.18. The molecule has 0 aromatic heterocycles. The van der Waals surface area contributed by atoms with Crippen LogP contribution in [0.5, 0.6) is 0 Å². The van der Waals surface area contributed by atoms with Crippen LogP contribution in [0.1, 0.15) is 31.7 Å². The van der Waals surface area contributed by atoms with Gasteiger partial charge >= 0.3 is 0 Å². The fourth-order valence-corrected chi connectivity index (χ4v) is 3.05. The van der Waals surface area contributed by atoms with Crippen LogP contribution in [0.2, 0.25) is 0 Å². The summed E-state index contributed by atoms with van der Waals surface area (Å²) >= 11 is 0. The van der Waals surface area contributed by atoms with Gasteiger partial charge in [0.05, 0.1) is 4.90 Å². The van der Waals surface area contributed by atoms with E-state index in [0.29, 0.717) is 5.92 Å². The van der Waals surface area contributed by atoms with Crippen molar-refractivity contribution in [2.24, 2.45) is 5.92 Å². The minimum absolute atomic E-state index is 0.0191. The highest BCUT2D eigenvalue weighted by molar-refractivity contribution is 7.89. The molecule has 5 nitrogen and oxygen atoms in total. The maximum absolute atomic E-state index is 12.3. The smallest absolute Gasteiger partial charge is 0.246 e. The average Bonchev–Trinajstić information content (AvgIpc) is 3.36. The number of amides is 1. The quantitative estimate of drug-likeness (QED) is 0.741. The van der Waals surface area contributed by atoms with Crippen LogP contribution >= 0.6 is 0 Å². The Bertz CT molecular complexity index is 662. The summed E-state index contributed by atoms with van der Waals surface area (Å²) < 4.78 is 25.6. The summed E-state index contributed by atoms with van der Waals surface area (Å²) in [4.78, 5) is 14.4. The van der Waals surface area contributed by atoms with Crippen molar-refractivity contribution in [3.8, 4) is 0 Å². The molecule has 1 aromatic carbocycles. The highest BCUT2D eigenvalue weighted by Gasteiger charge is 2.25. The average molecular weight is 336 g/mol. The number of rotatable bonds is 8. The summed E-state index contributed by atoms with van der Waals surface area (Å²) in [6, 6.07) is 6.45. The molecule has 0 radical (unpaired) electrons. The van der Waals surface area contributed by atoms with Gasteiger partial charge in [-0.15, -0.1) is 0 Å². The normalized spacial score (nSPS) is 15.0. The third-order valence-corrected chi connectivity index (χ3v) is 5.29. The van der Waals surface area contributed by atoms with E-state index in [1.54, 1.807) is 24.3 Å². The highest BCUT2D eigenvalue weighted by Crippen LogP contribution is 2.29. The summed E-state index contributed by atoms with van der Waals surface area (Å²) in [5, 5.41) is 0. The number of nitrogens with zero attached hydrogens (tertiary/aromatic N) is 1. The van der Waals surface area contributed by atoms with E-state index in [0.717, 1.165) is 25.1 Å². The van der Waals surface area contributed by atoms with E-state index in [1.807, 2.05) is 4.90 Å². The van der Waals surface area contributed by atoms with Gasteiger partial charge in [0.15, 0.2) is 0 Å². The van der Waals surface area contributed by atoms with Crippen molar-refractivity contribution < 1.29 is 13.2 Å². The Morgan fingerprint density at radius 3 is 2.48 bits per heavy atom. The Labute approximate surface area is 138 Å². The lowest BCUT2D eigenvalue weighted by Crippen LogP contribution is -2.32. The molecule has 23 heavy (non-hydrogen) atoms. The van der Waals surface area contributed by atoms with Gasteiger partial charge in [0.25, 0.3) is 0 Å². The number of carbonyl (C=O) groups excluding carboxylic acids is 1. The molecule has 1 amide bonds. The van der Waals surface area contributed by atoms with Gasteiger partial charge < -0.3 is 4.90 Å². The van der Waals surface area contributed by atoms with Gasteiger partial charge in [-0.3, -0.25) is 4.79 Å². The van der Waals surface area contributed by atoms with Crippen molar-refractivity contribution in [3.05, 3.63) is 35.9 Å². The van der Waals surface area contributed by atoms with Gasteiger partial charge in [-0.05, 0) is 56.0 Å². The second kappa shape index (κ2) is 7.75. The lowest BCUT2D eigenvalue weighted by atomic mass is 10.2. The summed E-state index contributed by atoms with van der Waals surface area (Å²) in [6.07, 6.45) is 6.69. The topological polar surface area (TPSA) is 66.5 Å². The zero-order valence-corrected chi connectivity index (χ0v) is 14.5. The number of carbonyl (C=O) groups is 1. The molecule has 1 fully saturated rings. The van der Waals surface area contributed by atoms with Crippen LogP contribution in [0.4, 0.5) is 0 Å². The highest BCUT2D eigenvalue weighted by atomic mass is 32.2. The van der Waals surface area contributed by atoms with E-state index in [9.17, 15) is 13.2 Å². The van der Waals surface area contributed by atoms with Crippen molar-refractivity contribution in [1.82, 2.24) is 9.62 Å². The van der Waals surface area contributed by atoms with Crippen LogP contribution in [0.25, 0.3) is 6.08 Å². The van der Waals surface area contributed by atoms with Crippen molar-refractivity contribution in [2.45, 2.75) is 31.1 Å². The first kappa shape index (κ1) is 17.7. The monoisotopic (exact) mass is 336 g/mol. The Kier molecular flexibility index (Phi) is 5.96. The number of hydrogen-bond acceptors (Lipinski definition) is 3. The van der Waals surface area contributed by atoms with E-state index in [1.165, 1.54) is 32.0 Å². The molecular formula is C17H24N2O3S. The molecule has 126 valence electrons. The van der Waals surface area contributed by atoms with Gasteiger partial charge in [-0.2, -0.15) is 0 Å². The SMILES string of the molecule is CCCN(CC1CC1)C(=O)/C=C/c1ccc(S(=O)(=O)NC)cc1. The molecule has 0 atom stereocenters. The zero-order chi connectivity index (χ0) is 16.9. The molecule has 0 unspecified atom stereocenters. The van der Waals surface area contributed by atoms with Gasteiger partial charge in [-0.25, -0.2) is 13.1 Å². The Balaban J connectivity index is 2.01. The number of sulfonamides is 1. The first-order valence-corrected chi connectivity index (χ1v) is 9.45.